The highest BCUT2D eigenvalue weighted by atomic mass is 19.1. The molecule has 0 saturated carbocycles. The third-order valence-corrected chi connectivity index (χ3v) is 3.90. The Morgan fingerprint density at radius 2 is 1.45 bits per heavy atom. The van der Waals surface area contributed by atoms with Gasteiger partial charge in [-0.15, -0.1) is 0 Å². The highest BCUT2D eigenvalue weighted by molar-refractivity contribution is 6.06. The Kier molecular flexibility index (Phi) is 5.94. The van der Waals surface area contributed by atoms with Crippen molar-refractivity contribution < 1.29 is 23.5 Å². The number of rotatable bonds is 5. The van der Waals surface area contributed by atoms with Crippen LogP contribution in [-0.2, 0) is 4.74 Å². The van der Waals surface area contributed by atoms with Crippen molar-refractivity contribution in [1.82, 2.24) is 4.98 Å². The molecule has 2 N–H and O–H groups in total. The Morgan fingerprint density at radius 3 is 2.07 bits per heavy atom. The van der Waals surface area contributed by atoms with E-state index in [9.17, 15) is 18.8 Å². The number of anilines is 2. The van der Waals surface area contributed by atoms with Crippen LogP contribution < -0.4 is 10.6 Å². The molecule has 1 aromatic heterocycles. The number of para-hydroxylation sites is 1. The van der Waals surface area contributed by atoms with Gasteiger partial charge in [-0.2, -0.15) is 0 Å². The number of carbonyl (C=O) groups excluding carboxylic acids is 3. The zero-order chi connectivity index (χ0) is 20.8. The molecule has 0 bridgehead atoms. The quantitative estimate of drug-likeness (QED) is 0.647. The number of nitrogens with one attached hydrogen (secondary N) is 2. The van der Waals surface area contributed by atoms with E-state index in [4.69, 9.17) is 0 Å². The standard InChI is InChI=1S/C21H16FN3O4/c1-29-21(28)13-9-11-14(12-10-13)23-19(26)17-7-4-8-18(24-17)20(27)25-16-6-3-2-5-15(16)22/h2-12H,1H3,(H,23,26)(H,25,27). The summed E-state index contributed by atoms with van der Waals surface area (Å²) in [5.41, 5.74) is 0.756. The van der Waals surface area contributed by atoms with Crippen molar-refractivity contribution >= 4 is 29.2 Å². The van der Waals surface area contributed by atoms with Gasteiger partial charge in [-0.25, -0.2) is 14.2 Å². The Hall–Kier alpha value is -4.07. The number of carbonyl (C=O) groups is 3. The van der Waals surface area contributed by atoms with Crippen LogP contribution in [0.2, 0.25) is 0 Å². The van der Waals surface area contributed by atoms with E-state index in [0.29, 0.717) is 11.3 Å². The minimum absolute atomic E-state index is 0.00299. The molecular weight excluding hydrogens is 377 g/mol. The maximum Gasteiger partial charge on any atom is 0.337 e. The number of amides is 2. The van der Waals surface area contributed by atoms with Crippen LogP contribution in [0.3, 0.4) is 0 Å². The minimum atomic E-state index is -0.646. The van der Waals surface area contributed by atoms with Crippen molar-refractivity contribution in [3.8, 4) is 0 Å². The summed E-state index contributed by atoms with van der Waals surface area (Å²) in [5, 5.41) is 5.03. The molecule has 1 heterocycles. The van der Waals surface area contributed by atoms with E-state index in [0.717, 1.165) is 0 Å². The maximum absolute atomic E-state index is 13.7. The predicted octanol–water partition coefficient (Wildman–Crippen LogP) is 3.51. The number of benzene rings is 2. The number of nitrogens with zero attached hydrogens (tertiary/aromatic N) is 1. The van der Waals surface area contributed by atoms with Gasteiger partial charge in [-0.3, -0.25) is 9.59 Å². The van der Waals surface area contributed by atoms with E-state index in [1.165, 1.54) is 55.6 Å². The molecule has 7 nitrogen and oxygen atoms in total. The van der Waals surface area contributed by atoms with E-state index in [1.807, 2.05) is 0 Å². The lowest BCUT2D eigenvalue weighted by Gasteiger charge is -2.08. The van der Waals surface area contributed by atoms with Gasteiger partial charge in [-0.1, -0.05) is 18.2 Å². The van der Waals surface area contributed by atoms with Crippen LogP contribution in [0.1, 0.15) is 31.3 Å². The summed E-state index contributed by atoms with van der Waals surface area (Å²) in [5.74, 6) is -2.26. The number of hydrogen-bond donors (Lipinski definition) is 2. The molecule has 0 spiro atoms. The lowest BCUT2D eigenvalue weighted by Crippen LogP contribution is -2.19. The first-order valence-corrected chi connectivity index (χ1v) is 8.50. The van der Waals surface area contributed by atoms with E-state index in [-0.39, 0.29) is 17.1 Å². The minimum Gasteiger partial charge on any atom is -0.465 e. The van der Waals surface area contributed by atoms with Gasteiger partial charge in [0.2, 0.25) is 0 Å². The van der Waals surface area contributed by atoms with Gasteiger partial charge >= 0.3 is 5.97 Å². The topological polar surface area (TPSA) is 97.4 Å². The largest absolute Gasteiger partial charge is 0.465 e. The fraction of sp³-hybridized carbons (Fsp3) is 0.0476. The van der Waals surface area contributed by atoms with Crippen molar-refractivity contribution in [3.63, 3.8) is 0 Å². The molecule has 0 aliphatic rings. The first kappa shape index (κ1) is 19.7. The monoisotopic (exact) mass is 393 g/mol. The molecule has 2 amide bonds. The van der Waals surface area contributed by atoms with Gasteiger partial charge in [-0.05, 0) is 48.5 Å². The van der Waals surface area contributed by atoms with Gasteiger partial charge in [0, 0.05) is 5.69 Å². The lowest BCUT2D eigenvalue weighted by atomic mass is 10.2. The number of pyridine rings is 1. The smallest absolute Gasteiger partial charge is 0.337 e. The molecule has 0 saturated heterocycles. The molecule has 29 heavy (non-hydrogen) atoms. The maximum atomic E-state index is 13.7. The molecule has 0 radical (unpaired) electrons. The van der Waals surface area contributed by atoms with Gasteiger partial charge in [0.25, 0.3) is 11.8 Å². The van der Waals surface area contributed by atoms with E-state index in [1.54, 1.807) is 18.2 Å². The van der Waals surface area contributed by atoms with Crippen LogP contribution in [0, 0.1) is 5.82 Å². The Balaban J connectivity index is 1.71. The summed E-state index contributed by atoms with van der Waals surface area (Å²) in [7, 11) is 1.28. The number of ether oxygens (including phenoxy) is 1. The van der Waals surface area contributed by atoms with Crippen LogP contribution in [0.5, 0.6) is 0 Å². The fourth-order valence-corrected chi connectivity index (χ4v) is 2.44. The van der Waals surface area contributed by atoms with E-state index >= 15 is 0 Å². The summed E-state index contributed by atoms with van der Waals surface area (Å²) in [6.07, 6.45) is 0. The number of halogens is 1. The zero-order valence-electron chi connectivity index (χ0n) is 15.3. The number of aromatic nitrogens is 1. The van der Waals surface area contributed by atoms with Gasteiger partial charge in [0.05, 0.1) is 18.4 Å². The van der Waals surface area contributed by atoms with Gasteiger partial charge in [0.1, 0.15) is 17.2 Å². The Morgan fingerprint density at radius 1 is 0.828 bits per heavy atom. The average Bonchev–Trinajstić information content (AvgIpc) is 2.75. The third-order valence-electron chi connectivity index (χ3n) is 3.90. The van der Waals surface area contributed by atoms with E-state index < -0.39 is 23.6 Å². The first-order chi connectivity index (χ1) is 14.0. The second-order valence-electron chi connectivity index (χ2n) is 5.87. The van der Waals surface area contributed by atoms with E-state index in [2.05, 4.69) is 20.4 Å². The molecule has 146 valence electrons. The number of esters is 1. The van der Waals surface area contributed by atoms with Crippen LogP contribution in [0.15, 0.2) is 66.7 Å². The lowest BCUT2D eigenvalue weighted by molar-refractivity contribution is 0.0600. The third kappa shape index (κ3) is 4.81. The fourth-order valence-electron chi connectivity index (χ4n) is 2.44. The number of hydrogen-bond acceptors (Lipinski definition) is 5. The molecule has 8 heteroatoms. The summed E-state index contributed by atoms with van der Waals surface area (Å²) in [6, 6.07) is 16.2. The summed E-state index contributed by atoms with van der Waals surface area (Å²) in [6.45, 7) is 0. The van der Waals surface area contributed by atoms with Crippen molar-refractivity contribution in [2.75, 3.05) is 17.7 Å². The summed E-state index contributed by atoms with van der Waals surface area (Å²) < 4.78 is 18.3. The van der Waals surface area contributed by atoms with Crippen LogP contribution >= 0.6 is 0 Å². The summed E-state index contributed by atoms with van der Waals surface area (Å²) >= 11 is 0. The highest BCUT2D eigenvalue weighted by Crippen LogP contribution is 2.15. The second-order valence-corrected chi connectivity index (χ2v) is 5.87. The molecular formula is C21H16FN3O4. The highest BCUT2D eigenvalue weighted by Gasteiger charge is 2.14. The van der Waals surface area contributed by atoms with Crippen LogP contribution in [-0.4, -0.2) is 29.9 Å². The molecule has 0 aliphatic carbocycles. The summed E-state index contributed by atoms with van der Waals surface area (Å²) in [4.78, 5) is 40.2. The zero-order valence-corrected chi connectivity index (χ0v) is 15.3. The average molecular weight is 393 g/mol. The SMILES string of the molecule is COC(=O)c1ccc(NC(=O)c2cccc(C(=O)Nc3ccccc3F)n2)cc1. The van der Waals surface area contributed by atoms with Crippen LogP contribution in [0.4, 0.5) is 15.8 Å². The van der Waals surface area contributed by atoms with Gasteiger partial charge in [0.15, 0.2) is 0 Å². The molecule has 0 atom stereocenters. The molecule has 3 rings (SSSR count). The van der Waals surface area contributed by atoms with Crippen LogP contribution in [0.25, 0.3) is 0 Å². The predicted molar refractivity (Wildman–Crippen MR) is 104 cm³/mol. The Bertz CT molecular complexity index is 1070. The molecule has 2 aromatic carbocycles. The molecule has 3 aromatic rings. The molecule has 0 unspecified atom stereocenters. The van der Waals surface area contributed by atoms with Gasteiger partial charge < -0.3 is 15.4 Å². The van der Waals surface area contributed by atoms with Crippen molar-refractivity contribution in [2.24, 2.45) is 0 Å². The Labute approximate surface area is 165 Å². The molecule has 0 aliphatic heterocycles. The van der Waals surface area contributed by atoms with Crippen molar-refractivity contribution in [2.45, 2.75) is 0 Å². The number of methoxy groups -OCH3 is 1. The molecule has 0 fully saturated rings. The normalized spacial score (nSPS) is 10.1. The second kappa shape index (κ2) is 8.75. The first-order valence-electron chi connectivity index (χ1n) is 8.50. The van der Waals surface area contributed by atoms with Crippen molar-refractivity contribution in [1.29, 1.82) is 0 Å². The van der Waals surface area contributed by atoms with Crippen molar-refractivity contribution in [3.05, 3.63) is 89.5 Å².